The number of pyridine rings is 1. The van der Waals surface area contributed by atoms with Gasteiger partial charge in [0.05, 0.1) is 23.5 Å². The van der Waals surface area contributed by atoms with Crippen LogP contribution in [0.5, 0.6) is 0 Å². The number of carbonyl (C=O) groups is 1. The van der Waals surface area contributed by atoms with Gasteiger partial charge in [0, 0.05) is 25.8 Å². The maximum atomic E-state index is 11.3. The van der Waals surface area contributed by atoms with Gasteiger partial charge in [0.2, 0.25) is 0 Å². The Morgan fingerprint density at radius 2 is 2.37 bits per heavy atom. The fourth-order valence-electron chi connectivity index (χ4n) is 2.21. The maximum Gasteiger partial charge on any atom is 0.266 e. The first kappa shape index (κ1) is 13.9. The molecule has 6 nitrogen and oxygen atoms in total. The number of hydrazine groups is 1. The average molecular weight is 264 g/mol. The van der Waals surface area contributed by atoms with Gasteiger partial charge in [-0.15, -0.1) is 0 Å². The smallest absolute Gasteiger partial charge is 0.266 e. The number of nitrogens with two attached hydrogens (primary N) is 1. The van der Waals surface area contributed by atoms with Gasteiger partial charge in [0.25, 0.3) is 5.91 Å². The maximum absolute atomic E-state index is 11.3. The van der Waals surface area contributed by atoms with Crippen molar-refractivity contribution in [2.24, 2.45) is 5.84 Å². The van der Waals surface area contributed by atoms with E-state index in [9.17, 15) is 4.79 Å². The van der Waals surface area contributed by atoms with Gasteiger partial charge in [0.1, 0.15) is 0 Å². The summed E-state index contributed by atoms with van der Waals surface area (Å²) in [7, 11) is 0. The summed E-state index contributed by atoms with van der Waals surface area (Å²) in [6.45, 7) is 7.44. The number of ether oxygens (including phenoxy) is 1. The van der Waals surface area contributed by atoms with Gasteiger partial charge in [0.15, 0.2) is 0 Å². The fraction of sp³-hybridized carbons (Fsp3) is 0.538. The Bertz CT molecular complexity index is 444. The first-order valence-electron chi connectivity index (χ1n) is 6.32. The van der Waals surface area contributed by atoms with Crippen molar-refractivity contribution in [1.82, 2.24) is 15.3 Å². The molecule has 0 saturated carbocycles. The molecule has 104 valence electrons. The number of nitrogen functional groups attached to an aromatic ring is 1. The molecule has 1 aromatic heterocycles. The molecule has 3 N–H and O–H groups in total. The standard InChI is InChI=1S/C13H20N4O2/c1-13(2)9-17(5-6-19-13)8-11-4-3-10(7-15-11)12(18)16-14/h3-4,7H,5-6,8-9,14H2,1-2H3,(H,16,18). The number of hydrogen-bond acceptors (Lipinski definition) is 5. The van der Waals surface area contributed by atoms with Gasteiger partial charge >= 0.3 is 0 Å². The Kier molecular flexibility index (Phi) is 4.14. The molecule has 0 atom stereocenters. The van der Waals surface area contributed by atoms with Crippen molar-refractivity contribution in [3.05, 3.63) is 29.6 Å². The van der Waals surface area contributed by atoms with Crippen molar-refractivity contribution in [2.45, 2.75) is 26.0 Å². The van der Waals surface area contributed by atoms with Crippen LogP contribution >= 0.6 is 0 Å². The zero-order valence-corrected chi connectivity index (χ0v) is 11.3. The SMILES string of the molecule is CC1(C)CN(Cc2ccc(C(=O)NN)cn2)CCO1. The molecule has 1 aromatic rings. The van der Waals surface area contributed by atoms with Crippen LogP contribution in [0.1, 0.15) is 29.9 Å². The van der Waals surface area contributed by atoms with E-state index in [1.807, 2.05) is 6.07 Å². The van der Waals surface area contributed by atoms with Gasteiger partial charge in [-0.3, -0.25) is 20.1 Å². The highest BCUT2D eigenvalue weighted by molar-refractivity contribution is 5.93. The topological polar surface area (TPSA) is 80.5 Å². The number of amides is 1. The Hall–Kier alpha value is -1.50. The van der Waals surface area contributed by atoms with E-state index in [-0.39, 0.29) is 11.5 Å². The molecular weight excluding hydrogens is 244 g/mol. The highest BCUT2D eigenvalue weighted by Crippen LogP contribution is 2.17. The monoisotopic (exact) mass is 264 g/mol. The lowest BCUT2D eigenvalue weighted by molar-refractivity contribution is -0.0885. The van der Waals surface area contributed by atoms with Crippen LogP contribution in [0.15, 0.2) is 18.3 Å². The summed E-state index contributed by atoms with van der Waals surface area (Å²) in [5, 5.41) is 0. The van der Waals surface area contributed by atoms with Crippen molar-refractivity contribution < 1.29 is 9.53 Å². The van der Waals surface area contributed by atoms with Crippen LogP contribution in [-0.2, 0) is 11.3 Å². The quantitative estimate of drug-likeness (QED) is 0.466. The molecule has 0 unspecified atom stereocenters. The van der Waals surface area contributed by atoms with Gasteiger partial charge in [-0.25, -0.2) is 5.84 Å². The lowest BCUT2D eigenvalue weighted by atomic mass is 10.1. The van der Waals surface area contributed by atoms with Crippen LogP contribution in [-0.4, -0.2) is 41.1 Å². The Labute approximate surface area is 112 Å². The predicted molar refractivity (Wildman–Crippen MR) is 71.2 cm³/mol. The van der Waals surface area contributed by atoms with E-state index < -0.39 is 0 Å². The number of morpholine rings is 1. The zero-order chi connectivity index (χ0) is 13.9. The Morgan fingerprint density at radius 1 is 1.58 bits per heavy atom. The van der Waals surface area contributed by atoms with E-state index in [1.165, 1.54) is 0 Å². The Morgan fingerprint density at radius 3 is 2.95 bits per heavy atom. The third-order valence-electron chi connectivity index (χ3n) is 3.11. The normalized spacial score (nSPS) is 19.1. The minimum Gasteiger partial charge on any atom is -0.373 e. The summed E-state index contributed by atoms with van der Waals surface area (Å²) >= 11 is 0. The van der Waals surface area contributed by atoms with Crippen LogP contribution in [0.3, 0.4) is 0 Å². The minimum atomic E-state index is -0.327. The van der Waals surface area contributed by atoms with Crippen molar-refractivity contribution in [3.63, 3.8) is 0 Å². The second-order valence-corrected chi connectivity index (χ2v) is 5.33. The van der Waals surface area contributed by atoms with Crippen LogP contribution in [0.25, 0.3) is 0 Å². The molecule has 0 aromatic carbocycles. The van der Waals surface area contributed by atoms with Gasteiger partial charge < -0.3 is 4.74 Å². The molecule has 1 aliphatic heterocycles. The molecule has 1 saturated heterocycles. The second kappa shape index (κ2) is 5.64. The molecule has 0 spiro atoms. The summed E-state index contributed by atoms with van der Waals surface area (Å²) in [5.41, 5.74) is 3.38. The number of rotatable bonds is 3. The molecule has 0 radical (unpaired) electrons. The first-order valence-corrected chi connectivity index (χ1v) is 6.32. The summed E-state index contributed by atoms with van der Waals surface area (Å²) in [4.78, 5) is 17.9. The van der Waals surface area contributed by atoms with Gasteiger partial charge in [-0.2, -0.15) is 0 Å². The fourth-order valence-corrected chi connectivity index (χ4v) is 2.21. The minimum absolute atomic E-state index is 0.113. The molecule has 0 bridgehead atoms. The lowest BCUT2D eigenvalue weighted by Gasteiger charge is -2.37. The van der Waals surface area contributed by atoms with Crippen molar-refractivity contribution in [2.75, 3.05) is 19.7 Å². The number of nitrogens with one attached hydrogen (secondary N) is 1. The molecule has 2 rings (SSSR count). The van der Waals surface area contributed by atoms with Crippen molar-refractivity contribution in [1.29, 1.82) is 0 Å². The number of aromatic nitrogens is 1. The molecular formula is C13H20N4O2. The lowest BCUT2D eigenvalue weighted by Crippen LogP contribution is -2.47. The highest BCUT2D eigenvalue weighted by Gasteiger charge is 2.27. The van der Waals surface area contributed by atoms with E-state index in [0.29, 0.717) is 5.56 Å². The molecule has 19 heavy (non-hydrogen) atoms. The van der Waals surface area contributed by atoms with E-state index in [2.05, 4.69) is 29.2 Å². The van der Waals surface area contributed by atoms with E-state index in [0.717, 1.165) is 31.9 Å². The zero-order valence-electron chi connectivity index (χ0n) is 11.3. The molecule has 1 amide bonds. The Balaban J connectivity index is 1.98. The van der Waals surface area contributed by atoms with Crippen LogP contribution in [0.2, 0.25) is 0 Å². The van der Waals surface area contributed by atoms with Crippen LogP contribution < -0.4 is 11.3 Å². The summed E-state index contributed by atoms with van der Waals surface area (Å²) in [6.07, 6.45) is 1.54. The van der Waals surface area contributed by atoms with Crippen LogP contribution in [0, 0.1) is 0 Å². The predicted octanol–water partition coefficient (Wildman–Crippen LogP) is 0.296. The number of carbonyl (C=O) groups excluding carboxylic acids is 1. The second-order valence-electron chi connectivity index (χ2n) is 5.33. The van der Waals surface area contributed by atoms with Crippen molar-refractivity contribution in [3.8, 4) is 0 Å². The third-order valence-corrected chi connectivity index (χ3v) is 3.11. The van der Waals surface area contributed by atoms with Crippen LogP contribution in [0.4, 0.5) is 0 Å². The van der Waals surface area contributed by atoms with E-state index >= 15 is 0 Å². The number of nitrogens with zero attached hydrogens (tertiary/aromatic N) is 2. The molecule has 1 aliphatic rings. The third kappa shape index (κ3) is 3.73. The van der Waals surface area contributed by atoms with E-state index in [4.69, 9.17) is 10.6 Å². The molecule has 1 fully saturated rings. The summed E-state index contributed by atoms with van der Waals surface area (Å²) in [6, 6.07) is 3.59. The van der Waals surface area contributed by atoms with Gasteiger partial charge in [-0.05, 0) is 26.0 Å². The first-order chi connectivity index (χ1) is 9.00. The highest BCUT2D eigenvalue weighted by atomic mass is 16.5. The molecule has 0 aliphatic carbocycles. The summed E-state index contributed by atoms with van der Waals surface area (Å²) in [5.74, 6) is 4.74. The van der Waals surface area contributed by atoms with Crippen molar-refractivity contribution >= 4 is 5.91 Å². The van der Waals surface area contributed by atoms with Gasteiger partial charge in [-0.1, -0.05) is 0 Å². The summed E-state index contributed by atoms with van der Waals surface area (Å²) < 4.78 is 5.67. The average Bonchev–Trinajstić information content (AvgIpc) is 2.37. The molecule has 2 heterocycles. The molecule has 6 heteroatoms. The largest absolute Gasteiger partial charge is 0.373 e. The number of hydrogen-bond donors (Lipinski definition) is 2. The van der Waals surface area contributed by atoms with E-state index in [1.54, 1.807) is 12.3 Å².